The van der Waals surface area contributed by atoms with Crippen molar-refractivity contribution in [3.05, 3.63) is 84.2 Å². The van der Waals surface area contributed by atoms with Crippen molar-refractivity contribution < 1.29 is 24.0 Å². The zero-order valence-corrected chi connectivity index (χ0v) is 23.1. The number of hydrogen-bond donors (Lipinski definition) is 1. The fraction of sp³-hybridized carbons (Fsp3) is 0.323. The van der Waals surface area contributed by atoms with Gasteiger partial charge in [-0.1, -0.05) is 35.5 Å². The molecule has 1 fully saturated rings. The highest BCUT2D eigenvalue weighted by atomic mass is 16.6. The quantitative estimate of drug-likeness (QED) is 0.156. The molecular formula is C31H36N5O4+. The first-order chi connectivity index (χ1) is 19.7. The van der Waals surface area contributed by atoms with Crippen LogP contribution in [-0.4, -0.2) is 62.2 Å². The van der Waals surface area contributed by atoms with Crippen LogP contribution in [0.4, 0.5) is 11.5 Å². The molecule has 1 aliphatic heterocycles. The van der Waals surface area contributed by atoms with Crippen LogP contribution >= 0.6 is 0 Å². The zero-order valence-electron chi connectivity index (χ0n) is 23.1. The van der Waals surface area contributed by atoms with Crippen molar-refractivity contribution in [2.24, 2.45) is 5.16 Å². The van der Waals surface area contributed by atoms with Crippen LogP contribution in [0.2, 0.25) is 0 Å². The summed E-state index contributed by atoms with van der Waals surface area (Å²) in [6, 6.07) is 21.9. The molecule has 9 heteroatoms. The van der Waals surface area contributed by atoms with Crippen molar-refractivity contribution in [1.82, 2.24) is 9.88 Å². The van der Waals surface area contributed by atoms with E-state index in [0.29, 0.717) is 24.7 Å². The Morgan fingerprint density at radius 2 is 1.85 bits per heavy atom. The van der Waals surface area contributed by atoms with Crippen LogP contribution < -0.4 is 19.8 Å². The maximum atomic E-state index is 6.16. The van der Waals surface area contributed by atoms with Crippen molar-refractivity contribution in [3.63, 3.8) is 0 Å². The van der Waals surface area contributed by atoms with E-state index < -0.39 is 0 Å². The van der Waals surface area contributed by atoms with Crippen molar-refractivity contribution in [2.75, 3.05) is 51.9 Å². The highest BCUT2D eigenvalue weighted by Gasteiger charge is 2.16. The molecule has 0 atom stereocenters. The number of benzene rings is 3. The fourth-order valence-electron chi connectivity index (χ4n) is 4.54. The van der Waals surface area contributed by atoms with Crippen LogP contribution in [0.3, 0.4) is 0 Å². The smallest absolute Gasteiger partial charge is 0.234 e. The number of nitrogens with one attached hydrogen (secondary N) is 2. The van der Waals surface area contributed by atoms with E-state index in [1.807, 2.05) is 73.7 Å². The van der Waals surface area contributed by atoms with Crippen molar-refractivity contribution >= 4 is 28.1 Å². The molecule has 2 heterocycles. The minimum atomic E-state index is 0.438. The fourth-order valence-corrected chi connectivity index (χ4v) is 4.54. The van der Waals surface area contributed by atoms with Crippen molar-refractivity contribution in [3.8, 4) is 11.5 Å². The van der Waals surface area contributed by atoms with Gasteiger partial charge in [0, 0.05) is 31.8 Å². The lowest BCUT2D eigenvalue weighted by Gasteiger charge is -2.26. The topological polar surface area (TPSA) is 91.6 Å². The molecule has 5 rings (SSSR count). The molecular weight excluding hydrogens is 506 g/mol. The van der Waals surface area contributed by atoms with Gasteiger partial charge < -0.3 is 19.0 Å². The Hall–Kier alpha value is -4.21. The minimum Gasteiger partial charge on any atom is -0.493 e. The summed E-state index contributed by atoms with van der Waals surface area (Å²) in [5.41, 5.74) is 4.60. The Morgan fingerprint density at radius 3 is 2.62 bits per heavy atom. The summed E-state index contributed by atoms with van der Waals surface area (Å²) >= 11 is 0. The lowest BCUT2D eigenvalue weighted by atomic mass is 10.1. The number of morpholine rings is 1. The molecule has 4 aromatic rings. The maximum Gasteiger partial charge on any atom is 0.234 e. The van der Waals surface area contributed by atoms with Crippen LogP contribution in [-0.2, 0) is 16.2 Å². The van der Waals surface area contributed by atoms with Crippen LogP contribution in [0.25, 0.3) is 10.9 Å². The molecule has 1 saturated heterocycles. The van der Waals surface area contributed by atoms with Crippen LogP contribution in [0, 0.1) is 0 Å². The molecule has 0 bridgehead atoms. The summed E-state index contributed by atoms with van der Waals surface area (Å²) in [6.07, 6.45) is 2.60. The highest BCUT2D eigenvalue weighted by Crippen LogP contribution is 2.34. The number of rotatable bonds is 12. The molecule has 9 nitrogen and oxygen atoms in total. The number of nitrogens with zero attached hydrogens (tertiary/aromatic N) is 3. The summed E-state index contributed by atoms with van der Waals surface area (Å²) < 4.78 is 17.2. The van der Waals surface area contributed by atoms with Gasteiger partial charge in [0.1, 0.15) is 6.61 Å². The van der Waals surface area contributed by atoms with E-state index in [0.717, 1.165) is 78.5 Å². The van der Waals surface area contributed by atoms with Gasteiger partial charge in [0.05, 0.1) is 43.7 Å². The number of aromatic amines is 1. The molecule has 3 aromatic carbocycles. The van der Waals surface area contributed by atoms with Crippen LogP contribution in [0.15, 0.2) is 78.2 Å². The van der Waals surface area contributed by atoms with Crippen molar-refractivity contribution in [2.45, 2.75) is 20.0 Å². The molecule has 0 radical (unpaired) electrons. The lowest BCUT2D eigenvalue weighted by Crippen LogP contribution is -2.37. The number of hydrogen-bond acceptors (Lipinski definition) is 8. The largest absolute Gasteiger partial charge is 0.493 e. The second kappa shape index (κ2) is 13.7. The van der Waals surface area contributed by atoms with E-state index in [4.69, 9.17) is 19.0 Å². The number of ether oxygens (including phenoxy) is 3. The second-order valence-corrected chi connectivity index (χ2v) is 9.59. The number of aromatic nitrogens is 2. The average molecular weight is 543 g/mol. The summed E-state index contributed by atoms with van der Waals surface area (Å²) in [5, 5.41) is 8.65. The van der Waals surface area contributed by atoms with Gasteiger partial charge in [-0.3, -0.25) is 10.2 Å². The SMILES string of the molecule is COc1cc2nc[nH+]c(Nc3ccc(/C(C)=N/OCc4ccccc4)cc3)c2cc1OCCCN1CCOCC1. The van der Waals surface area contributed by atoms with Gasteiger partial charge in [-0.2, -0.15) is 0 Å². The average Bonchev–Trinajstić information content (AvgIpc) is 3.00. The number of oxime groups is 1. The summed E-state index contributed by atoms with van der Waals surface area (Å²) in [5.74, 6) is 2.17. The first-order valence-electron chi connectivity index (χ1n) is 13.6. The normalized spacial score (nSPS) is 14.2. The number of methoxy groups -OCH3 is 1. The minimum absolute atomic E-state index is 0.438. The Balaban J connectivity index is 1.23. The van der Waals surface area contributed by atoms with E-state index in [2.05, 4.69) is 25.3 Å². The third-order valence-electron chi connectivity index (χ3n) is 6.79. The molecule has 0 aliphatic carbocycles. The van der Waals surface area contributed by atoms with E-state index in [1.165, 1.54) is 0 Å². The van der Waals surface area contributed by atoms with Crippen LogP contribution in [0.5, 0.6) is 11.5 Å². The molecule has 0 unspecified atom stereocenters. The highest BCUT2D eigenvalue weighted by molar-refractivity contribution is 5.98. The molecule has 40 heavy (non-hydrogen) atoms. The number of H-pyrrole nitrogens is 1. The van der Waals surface area contributed by atoms with Crippen LogP contribution in [0.1, 0.15) is 24.5 Å². The zero-order chi connectivity index (χ0) is 27.6. The Kier molecular flexibility index (Phi) is 9.39. The van der Waals surface area contributed by atoms with E-state index >= 15 is 0 Å². The molecule has 1 aliphatic rings. The van der Waals surface area contributed by atoms with Gasteiger partial charge in [0.2, 0.25) is 12.1 Å². The summed E-state index contributed by atoms with van der Waals surface area (Å²) in [7, 11) is 1.65. The van der Waals surface area contributed by atoms with E-state index in [-0.39, 0.29) is 0 Å². The van der Waals surface area contributed by atoms with Crippen molar-refractivity contribution in [1.29, 1.82) is 0 Å². The maximum absolute atomic E-state index is 6.16. The first-order valence-corrected chi connectivity index (χ1v) is 13.6. The van der Waals surface area contributed by atoms with Gasteiger partial charge in [-0.25, -0.2) is 4.98 Å². The molecule has 1 aromatic heterocycles. The molecule has 0 saturated carbocycles. The van der Waals surface area contributed by atoms with Gasteiger partial charge in [0.15, 0.2) is 17.0 Å². The second-order valence-electron chi connectivity index (χ2n) is 9.59. The van der Waals surface area contributed by atoms with Gasteiger partial charge in [-0.15, -0.1) is 4.98 Å². The van der Waals surface area contributed by atoms with Gasteiger partial charge in [0.25, 0.3) is 0 Å². The standard InChI is InChI=1S/C31H35N5O4/c1-23(35-40-21-24-7-4-3-5-8-24)25-9-11-26(12-10-25)34-31-27-19-30(29(37-2)20-28(27)32-22-33-31)39-16-6-13-36-14-17-38-18-15-36/h3-5,7-12,19-20,22H,6,13-18,21H2,1-2H3,(H,32,33,34)/p+1/b35-23+. The third kappa shape index (κ3) is 7.25. The molecule has 208 valence electrons. The Labute approximate surface area is 234 Å². The first kappa shape index (κ1) is 27.4. The van der Waals surface area contributed by atoms with Gasteiger partial charge >= 0.3 is 0 Å². The number of anilines is 2. The number of fused-ring (bicyclic) bond motifs is 1. The Morgan fingerprint density at radius 1 is 1.05 bits per heavy atom. The summed E-state index contributed by atoms with van der Waals surface area (Å²) in [6.45, 7) is 7.52. The van der Waals surface area contributed by atoms with E-state index in [9.17, 15) is 0 Å². The van der Waals surface area contributed by atoms with Gasteiger partial charge in [-0.05, 0) is 48.7 Å². The Bertz CT molecular complexity index is 1410. The monoisotopic (exact) mass is 542 g/mol. The summed E-state index contributed by atoms with van der Waals surface area (Å²) in [4.78, 5) is 15.7. The predicted molar refractivity (Wildman–Crippen MR) is 155 cm³/mol. The van der Waals surface area contributed by atoms with E-state index in [1.54, 1.807) is 13.4 Å². The third-order valence-corrected chi connectivity index (χ3v) is 6.79. The lowest BCUT2D eigenvalue weighted by molar-refractivity contribution is -0.363. The molecule has 0 spiro atoms. The predicted octanol–water partition coefficient (Wildman–Crippen LogP) is 4.84. The molecule has 0 amide bonds. The molecule has 2 N–H and O–H groups in total.